The minimum absolute atomic E-state index is 0.140. The maximum Gasteiger partial charge on any atom is 0.401 e. The fourth-order valence-electron chi connectivity index (χ4n) is 1.56. The molecule has 0 spiro atoms. The molecule has 0 saturated carbocycles. The molecule has 0 heterocycles. The number of rotatable bonds is 5. The van der Waals surface area contributed by atoms with Crippen LogP contribution in [-0.2, 0) is 6.42 Å². The van der Waals surface area contributed by atoms with Crippen molar-refractivity contribution in [2.45, 2.75) is 25.6 Å². The number of alkyl halides is 3. The summed E-state index contributed by atoms with van der Waals surface area (Å²) >= 11 is 0. The second kappa shape index (κ2) is 6.02. The van der Waals surface area contributed by atoms with Crippen LogP contribution in [0.4, 0.5) is 13.2 Å². The quantitative estimate of drug-likeness (QED) is 0.837. The molecule has 1 atom stereocenters. The normalized spacial score (nSPS) is 13.7. The number of hydrogen-bond donors (Lipinski definition) is 2. The molecule has 0 fully saturated rings. The summed E-state index contributed by atoms with van der Waals surface area (Å²) in [5, 5.41) is 2.41. The summed E-state index contributed by atoms with van der Waals surface area (Å²) in [6.45, 7) is 1.14. The van der Waals surface area contributed by atoms with Crippen molar-refractivity contribution in [1.29, 1.82) is 0 Å². The van der Waals surface area contributed by atoms with Gasteiger partial charge in [-0.2, -0.15) is 13.2 Å². The van der Waals surface area contributed by atoms with E-state index in [0.717, 1.165) is 17.5 Å². The number of nitrogens with one attached hydrogen (secondary N) is 1. The highest BCUT2D eigenvalue weighted by Gasteiger charge is 2.28. The maximum atomic E-state index is 12.1. The molecule has 3 N–H and O–H groups in total. The highest BCUT2D eigenvalue weighted by molar-refractivity contribution is 5.25. The largest absolute Gasteiger partial charge is 0.401 e. The molecule has 1 unspecified atom stereocenters. The smallest absolute Gasteiger partial charge is 0.329 e. The molecule has 0 aromatic heterocycles. The van der Waals surface area contributed by atoms with Gasteiger partial charge in [0.15, 0.2) is 0 Å². The molecular weight excluding hydrogens is 229 g/mol. The van der Waals surface area contributed by atoms with E-state index in [2.05, 4.69) is 5.32 Å². The lowest BCUT2D eigenvalue weighted by molar-refractivity contribution is -0.126. The van der Waals surface area contributed by atoms with Crippen molar-refractivity contribution >= 4 is 0 Å². The first-order valence-corrected chi connectivity index (χ1v) is 5.55. The zero-order valence-electron chi connectivity index (χ0n) is 9.72. The molecular formula is C12H17F3N2. The lowest BCUT2D eigenvalue weighted by Crippen LogP contribution is -2.35. The highest BCUT2D eigenvalue weighted by Crippen LogP contribution is 2.17. The third-order valence-corrected chi connectivity index (χ3v) is 2.57. The third-order valence-electron chi connectivity index (χ3n) is 2.57. The van der Waals surface area contributed by atoms with Crippen molar-refractivity contribution in [2.24, 2.45) is 5.73 Å². The van der Waals surface area contributed by atoms with Gasteiger partial charge in [-0.15, -0.1) is 0 Å². The van der Waals surface area contributed by atoms with Crippen molar-refractivity contribution in [2.75, 3.05) is 13.1 Å². The summed E-state index contributed by atoms with van der Waals surface area (Å²) in [5.41, 5.74) is 7.41. The zero-order valence-corrected chi connectivity index (χ0v) is 9.72. The standard InChI is InChI=1S/C12H17F3N2/c1-2-9-3-5-10(6-4-9)11(7-16)17-8-12(13,14)15/h3-6,11,17H,2,7-8,16H2,1H3. The molecule has 96 valence electrons. The lowest BCUT2D eigenvalue weighted by atomic mass is 10.0. The molecule has 0 radical (unpaired) electrons. The van der Waals surface area contributed by atoms with E-state index >= 15 is 0 Å². The molecule has 1 aromatic carbocycles. The Kier molecular flexibility index (Phi) is 4.96. The van der Waals surface area contributed by atoms with E-state index in [1.165, 1.54) is 0 Å². The van der Waals surface area contributed by atoms with Crippen LogP contribution in [0.2, 0.25) is 0 Å². The number of hydrogen-bond acceptors (Lipinski definition) is 2. The van der Waals surface area contributed by atoms with Crippen LogP contribution in [-0.4, -0.2) is 19.3 Å². The van der Waals surface area contributed by atoms with Crippen molar-refractivity contribution < 1.29 is 13.2 Å². The minimum atomic E-state index is -4.21. The maximum absolute atomic E-state index is 12.1. The second-order valence-electron chi connectivity index (χ2n) is 3.88. The van der Waals surface area contributed by atoms with Crippen LogP contribution in [0.3, 0.4) is 0 Å². The fourth-order valence-corrected chi connectivity index (χ4v) is 1.56. The summed E-state index contributed by atoms with van der Waals surface area (Å²) in [6, 6.07) is 7.00. The summed E-state index contributed by atoms with van der Waals surface area (Å²) < 4.78 is 36.3. The van der Waals surface area contributed by atoms with Crippen LogP contribution in [0.25, 0.3) is 0 Å². The Morgan fingerprint density at radius 1 is 1.24 bits per heavy atom. The van der Waals surface area contributed by atoms with E-state index < -0.39 is 18.8 Å². The Balaban J connectivity index is 2.66. The Morgan fingerprint density at radius 3 is 2.24 bits per heavy atom. The van der Waals surface area contributed by atoms with Gasteiger partial charge in [-0.3, -0.25) is 0 Å². The van der Waals surface area contributed by atoms with Gasteiger partial charge in [-0.1, -0.05) is 31.2 Å². The molecule has 1 rings (SSSR count). The van der Waals surface area contributed by atoms with Crippen LogP contribution in [0, 0.1) is 0 Å². The van der Waals surface area contributed by atoms with Gasteiger partial charge in [0.2, 0.25) is 0 Å². The van der Waals surface area contributed by atoms with Gasteiger partial charge in [0.05, 0.1) is 6.54 Å². The summed E-state index contributed by atoms with van der Waals surface area (Å²) in [6.07, 6.45) is -3.31. The van der Waals surface area contributed by atoms with Crippen LogP contribution in [0.5, 0.6) is 0 Å². The van der Waals surface area contributed by atoms with E-state index in [1.807, 2.05) is 31.2 Å². The van der Waals surface area contributed by atoms with E-state index in [9.17, 15) is 13.2 Å². The number of nitrogens with two attached hydrogens (primary N) is 1. The number of halogens is 3. The zero-order chi connectivity index (χ0) is 12.9. The van der Waals surface area contributed by atoms with Gasteiger partial charge in [0, 0.05) is 12.6 Å². The van der Waals surface area contributed by atoms with Crippen molar-refractivity contribution in [3.05, 3.63) is 35.4 Å². The van der Waals surface area contributed by atoms with Gasteiger partial charge in [0.25, 0.3) is 0 Å². The Hall–Kier alpha value is -1.07. The average Bonchev–Trinajstić information content (AvgIpc) is 2.29. The average molecular weight is 246 g/mol. The molecule has 1 aromatic rings. The first-order valence-electron chi connectivity index (χ1n) is 5.55. The van der Waals surface area contributed by atoms with E-state index in [4.69, 9.17) is 5.73 Å². The summed E-state index contributed by atoms with van der Waals surface area (Å²) in [7, 11) is 0. The van der Waals surface area contributed by atoms with Crippen LogP contribution >= 0.6 is 0 Å². The Morgan fingerprint density at radius 2 is 1.82 bits per heavy atom. The molecule has 0 aliphatic heterocycles. The molecule has 5 heteroatoms. The molecule has 0 aliphatic rings. The topological polar surface area (TPSA) is 38.0 Å². The lowest BCUT2D eigenvalue weighted by Gasteiger charge is -2.18. The van der Waals surface area contributed by atoms with Gasteiger partial charge >= 0.3 is 6.18 Å². The van der Waals surface area contributed by atoms with Crippen LogP contribution in [0.1, 0.15) is 24.1 Å². The van der Waals surface area contributed by atoms with Crippen molar-refractivity contribution in [1.82, 2.24) is 5.32 Å². The Labute approximate surface area is 99.0 Å². The molecule has 2 nitrogen and oxygen atoms in total. The predicted octanol–water partition coefficient (Wildman–Crippen LogP) is 2.40. The van der Waals surface area contributed by atoms with E-state index in [0.29, 0.717) is 0 Å². The molecule has 0 saturated heterocycles. The molecule has 0 amide bonds. The van der Waals surface area contributed by atoms with Gasteiger partial charge < -0.3 is 11.1 Å². The van der Waals surface area contributed by atoms with Crippen molar-refractivity contribution in [3.63, 3.8) is 0 Å². The monoisotopic (exact) mass is 246 g/mol. The van der Waals surface area contributed by atoms with Crippen LogP contribution in [0.15, 0.2) is 24.3 Å². The number of aryl methyl sites for hydroxylation is 1. The summed E-state index contributed by atoms with van der Waals surface area (Å²) in [5.74, 6) is 0. The third kappa shape index (κ3) is 4.75. The summed E-state index contributed by atoms with van der Waals surface area (Å²) in [4.78, 5) is 0. The first kappa shape index (κ1) is 14.0. The van der Waals surface area contributed by atoms with Gasteiger partial charge in [-0.05, 0) is 17.5 Å². The van der Waals surface area contributed by atoms with Gasteiger partial charge in [-0.25, -0.2) is 0 Å². The number of benzene rings is 1. The van der Waals surface area contributed by atoms with E-state index in [-0.39, 0.29) is 6.54 Å². The van der Waals surface area contributed by atoms with Gasteiger partial charge in [0.1, 0.15) is 0 Å². The van der Waals surface area contributed by atoms with Crippen molar-refractivity contribution in [3.8, 4) is 0 Å². The first-order chi connectivity index (χ1) is 7.96. The van der Waals surface area contributed by atoms with E-state index in [1.54, 1.807) is 0 Å². The molecule has 17 heavy (non-hydrogen) atoms. The second-order valence-corrected chi connectivity index (χ2v) is 3.88. The molecule has 0 aliphatic carbocycles. The SMILES string of the molecule is CCc1ccc(C(CN)NCC(F)(F)F)cc1. The minimum Gasteiger partial charge on any atom is -0.329 e. The van der Waals surface area contributed by atoms with Crippen LogP contribution < -0.4 is 11.1 Å². The highest BCUT2D eigenvalue weighted by atomic mass is 19.4. The molecule has 0 bridgehead atoms. The fraction of sp³-hybridized carbons (Fsp3) is 0.500. The Bertz CT molecular complexity index is 333. The predicted molar refractivity (Wildman–Crippen MR) is 61.7 cm³/mol.